The van der Waals surface area contributed by atoms with Crippen molar-refractivity contribution in [2.45, 2.75) is 5.92 Å². The highest BCUT2D eigenvalue weighted by Crippen LogP contribution is 2.22. The lowest BCUT2D eigenvalue weighted by molar-refractivity contribution is 0.186. The van der Waals surface area contributed by atoms with E-state index >= 15 is 0 Å². The van der Waals surface area contributed by atoms with Crippen LogP contribution in [0.4, 0.5) is 0 Å². The summed E-state index contributed by atoms with van der Waals surface area (Å²) in [5.74, 6) is 0.619. The number of hydrogen-bond donors (Lipinski definition) is 0. The van der Waals surface area contributed by atoms with Gasteiger partial charge >= 0.3 is 0 Å². The van der Waals surface area contributed by atoms with E-state index in [1.165, 1.54) is 0 Å². The van der Waals surface area contributed by atoms with Crippen LogP contribution in [-0.4, -0.2) is 35.0 Å². The average molecular weight is 149 g/mol. The standard InChI is InChI=1S/C8H11N3/c1-11-5-7(6-11)8-4-9-2-3-10-8/h2-4,7H,5-6H2,1H3. The van der Waals surface area contributed by atoms with E-state index < -0.39 is 0 Å². The molecule has 0 atom stereocenters. The van der Waals surface area contributed by atoms with Gasteiger partial charge in [-0.3, -0.25) is 9.97 Å². The van der Waals surface area contributed by atoms with Crippen molar-refractivity contribution in [3.05, 3.63) is 24.3 Å². The molecule has 3 nitrogen and oxygen atoms in total. The zero-order valence-corrected chi connectivity index (χ0v) is 6.57. The highest BCUT2D eigenvalue weighted by atomic mass is 15.2. The Morgan fingerprint density at radius 1 is 1.45 bits per heavy atom. The third-order valence-electron chi connectivity index (χ3n) is 2.07. The molecule has 0 saturated carbocycles. The first kappa shape index (κ1) is 6.73. The molecule has 1 aliphatic rings. The average Bonchev–Trinajstić information content (AvgIpc) is 2.01. The first-order valence-electron chi connectivity index (χ1n) is 3.81. The van der Waals surface area contributed by atoms with E-state index in [4.69, 9.17) is 0 Å². The van der Waals surface area contributed by atoms with Crippen LogP contribution >= 0.6 is 0 Å². The van der Waals surface area contributed by atoms with Crippen molar-refractivity contribution < 1.29 is 0 Å². The van der Waals surface area contributed by atoms with E-state index in [0.29, 0.717) is 5.92 Å². The van der Waals surface area contributed by atoms with Crippen LogP contribution in [0.1, 0.15) is 11.6 Å². The normalized spacial score (nSPS) is 19.7. The fraction of sp³-hybridized carbons (Fsp3) is 0.500. The smallest absolute Gasteiger partial charge is 0.0643 e. The molecular weight excluding hydrogens is 138 g/mol. The van der Waals surface area contributed by atoms with Gasteiger partial charge in [-0.25, -0.2) is 0 Å². The summed E-state index contributed by atoms with van der Waals surface area (Å²) < 4.78 is 0. The molecule has 1 aliphatic heterocycles. The molecule has 3 heteroatoms. The van der Waals surface area contributed by atoms with E-state index in [9.17, 15) is 0 Å². The molecule has 0 spiro atoms. The van der Waals surface area contributed by atoms with Crippen molar-refractivity contribution in [3.63, 3.8) is 0 Å². The second-order valence-corrected chi connectivity index (χ2v) is 3.05. The Bertz CT molecular complexity index is 228. The van der Waals surface area contributed by atoms with Crippen LogP contribution in [0.15, 0.2) is 18.6 Å². The second-order valence-electron chi connectivity index (χ2n) is 3.05. The lowest BCUT2D eigenvalue weighted by atomic mass is 9.98. The molecule has 11 heavy (non-hydrogen) atoms. The summed E-state index contributed by atoms with van der Waals surface area (Å²) in [6, 6.07) is 0. The lowest BCUT2D eigenvalue weighted by Gasteiger charge is -2.35. The molecule has 0 aromatic carbocycles. The Labute approximate surface area is 66.1 Å². The van der Waals surface area contributed by atoms with Crippen molar-refractivity contribution in [1.82, 2.24) is 14.9 Å². The topological polar surface area (TPSA) is 29.0 Å². The molecule has 2 heterocycles. The summed E-state index contributed by atoms with van der Waals surface area (Å²) in [7, 11) is 2.12. The number of likely N-dealkylation sites (N-methyl/N-ethyl adjacent to an activating group) is 1. The van der Waals surface area contributed by atoms with E-state index in [1.54, 1.807) is 12.4 Å². The minimum atomic E-state index is 0.619. The van der Waals surface area contributed by atoms with Crippen molar-refractivity contribution >= 4 is 0 Å². The van der Waals surface area contributed by atoms with Crippen LogP contribution in [0, 0.1) is 0 Å². The van der Waals surface area contributed by atoms with Crippen molar-refractivity contribution in [2.24, 2.45) is 0 Å². The fourth-order valence-electron chi connectivity index (χ4n) is 1.41. The molecule has 58 valence electrons. The van der Waals surface area contributed by atoms with E-state index in [0.717, 1.165) is 18.8 Å². The highest BCUT2D eigenvalue weighted by molar-refractivity contribution is 5.08. The van der Waals surface area contributed by atoms with Gasteiger partial charge in [0.05, 0.1) is 5.69 Å². The molecule has 1 fully saturated rings. The minimum absolute atomic E-state index is 0.619. The van der Waals surface area contributed by atoms with Crippen molar-refractivity contribution in [3.8, 4) is 0 Å². The molecule has 0 radical (unpaired) electrons. The van der Waals surface area contributed by atoms with Gasteiger partial charge in [0.25, 0.3) is 0 Å². The first-order valence-corrected chi connectivity index (χ1v) is 3.81. The predicted octanol–water partition coefficient (Wildman–Crippen LogP) is 0.506. The predicted molar refractivity (Wildman–Crippen MR) is 42.3 cm³/mol. The van der Waals surface area contributed by atoms with Gasteiger partial charge in [0.15, 0.2) is 0 Å². The molecule has 0 bridgehead atoms. The van der Waals surface area contributed by atoms with Crippen molar-refractivity contribution in [1.29, 1.82) is 0 Å². The summed E-state index contributed by atoms with van der Waals surface area (Å²) >= 11 is 0. The van der Waals surface area contributed by atoms with Crippen LogP contribution < -0.4 is 0 Å². The monoisotopic (exact) mass is 149 g/mol. The van der Waals surface area contributed by atoms with Crippen LogP contribution in [-0.2, 0) is 0 Å². The van der Waals surface area contributed by atoms with Gasteiger partial charge in [0.1, 0.15) is 0 Å². The summed E-state index contributed by atoms with van der Waals surface area (Å²) in [6.07, 6.45) is 5.33. The van der Waals surface area contributed by atoms with Gasteiger partial charge < -0.3 is 4.90 Å². The molecular formula is C8H11N3. The SMILES string of the molecule is CN1CC(c2cnccn2)C1. The van der Waals surface area contributed by atoms with Crippen LogP contribution in [0.25, 0.3) is 0 Å². The number of rotatable bonds is 1. The quantitative estimate of drug-likeness (QED) is 0.582. The van der Waals surface area contributed by atoms with Gasteiger partial charge in [-0.15, -0.1) is 0 Å². The number of likely N-dealkylation sites (tertiary alicyclic amines) is 1. The zero-order valence-electron chi connectivity index (χ0n) is 6.57. The summed E-state index contributed by atoms with van der Waals surface area (Å²) in [4.78, 5) is 10.6. The molecule has 0 unspecified atom stereocenters. The van der Waals surface area contributed by atoms with E-state index in [1.807, 2.05) is 6.20 Å². The summed E-state index contributed by atoms with van der Waals surface area (Å²) in [5.41, 5.74) is 1.13. The van der Waals surface area contributed by atoms with Crippen LogP contribution in [0.3, 0.4) is 0 Å². The van der Waals surface area contributed by atoms with Gasteiger partial charge in [-0.2, -0.15) is 0 Å². The highest BCUT2D eigenvalue weighted by Gasteiger charge is 2.25. The Kier molecular flexibility index (Phi) is 1.58. The molecule has 1 aromatic heterocycles. The Morgan fingerprint density at radius 3 is 2.82 bits per heavy atom. The van der Waals surface area contributed by atoms with Gasteiger partial charge in [-0.1, -0.05) is 0 Å². The van der Waals surface area contributed by atoms with Crippen LogP contribution in [0.2, 0.25) is 0 Å². The van der Waals surface area contributed by atoms with E-state index in [2.05, 4.69) is 21.9 Å². The maximum Gasteiger partial charge on any atom is 0.0643 e. The number of aromatic nitrogens is 2. The largest absolute Gasteiger partial charge is 0.305 e. The van der Waals surface area contributed by atoms with Crippen LogP contribution in [0.5, 0.6) is 0 Å². The first-order chi connectivity index (χ1) is 5.36. The molecule has 0 amide bonds. The summed E-state index contributed by atoms with van der Waals surface area (Å²) in [5, 5.41) is 0. The van der Waals surface area contributed by atoms with Gasteiger partial charge in [0, 0.05) is 37.6 Å². The zero-order chi connectivity index (χ0) is 7.68. The second kappa shape index (κ2) is 2.58. The minimum Gasteiger partial charge on any atom is -0.305 e. The Hall–Kier alpha value is -0.960. The number of nitrogens with zero attached hydrogens (tertiary/aromatic N) is 3. The van der Waals surface area contributed by atoms with E-state index in [-0.39, 0.29) is 0 Å². The Morgan fingerprint density at radius 2 is 2.27 bits per heavy atom. The summed E-state index contributed by atoms with van der Waals surface area (Å²) in [6.45, 7) is 2.25. The molecule has 2 rings (SSSR count). The van der Waals surface area contributed by atoms with Crippen molar-refractivity contribution in [2.75, 3.05) is 20.1 Å². The molecule has 0 N–H and O–H groups in total. The number of hydrogen-bond acceptors (Lipinski definition) is 3. The third kappa shape index (κ3) is 1.24. The maximum absolute atomic E-state index is 4.25. The molecule has 0 aliphatic carbocycles. The molecule has 1 aromatic rings. The third-order valence-corrected chi connectivity index (χ3v) is 2.07. The Balaban J connectivity index is 2.08. The van der Waals surface area contributed by atoms with Gasteiger partial charge in [-0.05, 0) is 7.05 Å². The fourth-order valence-corrected chi connectivity index (χ4v) is 1.41. The van der Waals surface area contributed by atoms with Gasteiger partial charge in [0.2, 0.25) is 0 Å². The lowest BCUT2D eigenvalue weighted by Crippen LogP contribution is -2.42. The maximum atomic E-state index is 4.25. The molecule has 1 saturated heterocycles.